The Balaban J connectivity index is 1.44. The van der Waals surface area contributed by atoms with Crippen LogP contribution >= 0.6 is 0 Å². The lowest BCUT2D eigenvalue weighted by molar-refractivity contribution is -0.207. The standard InChI is InChI=1S/C24H27F3N6O3/c1-3-32(17-5-4-12-28-13-17)22(35)18-14-29-19(31(18)2)20-30-36-23(33(20)21(34)15-6-7-15)10-8-16(9-11-23)24(25,26)27/h4-5,12-16H,3,6-11H2,1-2H3. The van der Waals surface area contributed by atoms with Crippen LogP contribution in [0.2, 0.25) is 0 Å². The number of anilines is 1. The fourth-order valence-electron chi connectivity index (χ4n) is 4.98. The van der Waals surface area contributed by atoms with Crippen LogP contribution in [0.3, 0.4) is 0 Å². The lowest BCUT2D eigenvalue weighted by atomic mass is 9.82. The molecular formula is C24H27F3N6O3. The van der Waals surface area contributed by atoms with Crippen LogP contribution in [0.4, 0.5) is 18.9 Å². The van der Waals surface area contributed by atoms with Crippen molar-refractivity contribution in [3.8, 4) is 0 Å². The Morgan fingerprint density at radius 1 is 1.19 bits per heavy atom. The summed E-state index contributed by atoms with van der Waals surface area (Å²) in [5.74, 6) is -1.81. The minimum absolute atomic E-state index is 0.0173. The van der Waals surface area contributed by atoms with Gasteiger partial charge in [-0.25, -0.2) is 9.88 Å². The molecule has 192 valence electrons. The summed E-state index contributed by atoms with van der Waals surface area (Å²) in [5, 5.41) is 4.16. The van der Waals surface area contributed by atoms with Gasteiger partial charge in [0.2, 0.25) is 17.5 Å². The fourth-order valence-corrected chi connectivity index (χ4v) is 4.98. The monoisotopic (exact) mass is 504 g/mol. The minimum Gasteiger partial charge on any atom is -0.365 e. The Morgan fingerprint density at radius 3 is 2.50 bits per heavy atom. The van der Waals surface area contributed by atoms with Crippen LogP contribution in [0.5, 0.6) is 0 Å². The molecule has 12 heteroatoms. The summed E-state index contributed by atoms with van der Waals surface area (Å²) in [4.78, 5) is 43.9. The molecule has 2 aliphatic carbocycles. The summed E-state index contributed by atoms with van der Waals surface area (Å²) in [6.45, 7) is 2.24. The van der Waals surface area contributed by atoms with Crippen LogP contribution in [-0.4, -0.2) is 55.5 Å². The quantitative estimate of drug-likeness (QED) is 0.617. The zero-order valence-corrected chi connectivity index (χ0v) is 20.0. The van der Waals surface area contributed by atoms with Gasteiger partial charge in [0, 0.05) is 38.5 Å². The number of amides is 2. The van der Waals surface area contributed by atoms with Gasteiger partial charge in [0.05, 0.1) is 24.0 Å². The van der Waals surface area contributed by atoms with Crippen molar-refractivity contribution in [3.05, 3.63) is 42.2 Å². The number of alkyl halides is 3. The molecule has 0 saturated heterocycles. The lowest BCUT2D eigenvalue weighted by Gasteiger charge is -2.41. The molecule has 0 aromatic carbocycles. The number of amidine groups is 1. The van der Waals surface area contributed by atoms with Crippen LogP contribution in [0, 0.1) is 11.8 Å². The highest BCUT2D eigenvalue weighted by Gasteiger charge is 2.57. The van der Waals surface area contributed by atoms with E-state index >= 15 is 0 Å². The third-order valence-corrected chi connectivity index (χ3v) is 7.22. The number of hydrogen-bond donors (Lipinski definition) is 0. The number of carbonyl (C=O) groups excluding carboxylic acids is 2. The SMILES string of the molecule is CCN(C(=O)c1cnc(C2=NOC3(CCC(C(F)(F)F)CC3)N2C(=O)C2CC2)n1C)c1cccnc1. The first kappa shape index (κ1) is 24.3. The van der Waals surface area contributed by atoms with E-state index in [-0.39, 0.29) is 60.8 Å². The van der Waals surface area contributed by atoms with Crippen LogP contribution in [-0.2, 0) is 16.7 Å². The predicted molar refractivity (Wildman–Crippen MR) is 123 cm³/mol. The highest BCUT2D eigenvalue weighted by Crippen LogP contribution is 2.48. The summed E-state index contributed by atoms with van der Waals surface area (Å²) in [5.41, 5.74) is -0.378. The van der Waals surface area contributed by atoms with Crippen molar-refractivity contribution in [2.75, 3.05) is 11.4 Å². The van der Waals surface area contributed by atoms with Crippen LogP contribution in [0.1, 0.15) is 61.8 Å². The van der Waals surface area contributed by atoms with Crippen molar-refractivity contribution in [2.24, 2.45) is 24.0 Å². The molecule has 0 N–H and O–H groups in total. The molecule has 0 unspecified atom stereocenters. The maximum atomic E-state index is 13.4. The Morgan fingerprint density at radius 2 is 1.92 bits per heavy atom. The van der Waals surface area contributed by atoms with Gasteiger partial charge in [-0.15, -0.1) is 0 Å². The van der Waals surface area contributed by atoms with Gasteiger partial charge in [-0.2, -0.15) is 13.2 Å². The van der Waals surface area contributed by atoms with Gasteiger partial charge in [0.1, 0.15) is 5.69 Å². The van der Waals surface area contributed by atoms with E-state index in [1.165, 1.54) is 15.7 Å². The first-order valence-corrected chi connectivity index (χ1v) is 12.1. The van der Waals surface area contributed by atoms with E-state index in [2.05, 4.69) is 15.1 Å². The highest BCUT2D eigenvalue weighted by atomic mass is 19.4. The van der Waals surface area contributed by atoms with E-state index < -0.39 is 17.8 Å². The van der Waals surface area contributed by atoms with E-state index in [0.717, 1.165) is 0 Å². The van der Waals surface area contributed by atoms with Gasteiger partial charge in [-0.1, -0.05) is 5.16 Å². The van der Waals surface area contributed by atoms with Crippen molar-refractivity contribution in [2.45, 2.75) is 57.3 Å². The van der Waals surface area contributed by atoms with E-state index in [4.69, 9.17) is 4.84 Å². The van der Waals surface area contributed by atoms with Crippen molar-refractivity contribution >= 4 is 23.3 Å². The van der Waals surface area contributed by atoms with E-state index in [9.17, 15) is 22.8 Å². The summed E-state index contributed by atoms with van der Waals surface area (Å²) >= 11 is 0. The van der Waals surface area contributed by atoms with Gasteiger partial charge in [-0.3, -0.25) is 14.6 Å². The molecule has 2 saturated carbocycles. The Kier molecular flexibility index (Phi) is 6.00. The Labute approximate surface area is 205 Å². The van der Waals surface area contributed by atoms with Gasteiger partial charge in [-0.05, 0) is 44.7 Å². The second kappa shape index (κ2) is 8.90. The van der Waals surface area contributed by atoms with Gasteiger partial charge >= 0.3 is 6.18 Å². The molecule has 2 aromatic heterocycles. The number of nitrogens with zero attached hydrogens (tertiary/aromatic N) is 6. The molecule has 3 aliphatic rings. The van der Waals surface area contributed by atoms with E-state index in [0.29, 0.717) is 25.1 Å². The van der Waals surface area contributed by atoms with Crippen molar-refractivity contribution in [1.29, 1.82) is 0 Å². The molecule has 1 aliphatic heterocycles. The zero-order chi connectivity index (χ0) is 25.7. The number of oxime groups is 1. The number of pyridine rings is 1. The molecular weight excluding hydrogens is 477 g/mol. The Hall–Kier alpha value is -3.44. The third kappa shape index (κ3) is 4.11. The molecule has 5 rings (SSSR count). The smallest absolute Gasteiger partial charge is 0.365 e. The fraction of sp³-hybridized carbons (Fsp3) is 0.542. The number of rotatable bonds is 5. The molecule has 0 atom stereocenters. The number of halogens is 3. The minimum atomic E-state index is -4.29. The molecule has 36 heavy (non-hydrogen) atoms. The maximum Gasteiger partial charge on any atom is 0.391 e. The Bertz CT molecular complexity index is 1180. The summed E-state index contributed by atoms with van der Waals surface area (Å²) in [6, 6.07) is 3.51. The maximum absolute atomic E-state index is 13.4. The molecule has 2 amide bonds. The first-order valence-electron chi connectivity index (χ1n) is 12.1. The number of aromatic nitrogens is 3. The van der Waals surface area contributed by atoms with Crippen molar-refractivity contribution < 1.29 is 27.6 Å². The molecule has 2 aromatic rings. The second-order valence-electron chi connectivity index (χ2n) is 9.50. The average molecular weight is 505 g/mol. The number of imidazole rings is 1. The second-order valence-corrected chi connectivity index (χ2v) is 9.50. The van der Waals surface area contributed by atoms with Gasteiger partial charge in [0.15, 0.2) is 5.82 Å². The molecule has 0 bridgehead atoms. The van der Waals surface area contributed by atoms with Crippen LogP contribution in [0.15, 0.2) is 35.9 Å². The zero-order valence-electron chi connectivity index (χ0n) is 20.0. The predicted octanol–water partition coefficient (Wildman–Crippen LogP) is 3.86. The van der Waals surface area contributed by atoms with Gasteiger partial charge < -0.3 is 14.3 Å². The number of hydrogen-bond acceptors (Lipinski definition) is 6. The van der Waals surface area contributed by atoms with Gasteiger partial charge in [0.25, 0.3) is 5.91 Å². The van der Waals surface area contributed by atoms with Crippen molar-refractivity contribution in [1.82, 2.24) is 19.4 Å². The summed E-state index contributed by atoms with van der Waals surface area (Å²) in [7, 11) is 1.64. The molecule has 1 spiro atoms. The van der Waals surface area contributed by atoms with Crippen molar-refractivity contribution in [3.63, 3.8) is 0 Å². The topological polar surface area (TPSA) is 92.9 Å². The third-order valence-electron chi connectivity index (χ3n) is 7.22. The average Bonchev–Trinajstić information content (AvgIpc) is 3.56. The first-order chi connectivity index (χ1) is 17.2. The largest absolute Gasteiger partial charge is 0.391 e. The molecule has 2 fully saturated rings. The van der Waals surface area contributed by atoms with Crippen LogP contribution < -0.4 is 4.90 Å². The lowest BCUT2D eigenvalue weighted by Crippen LogP contribution is -2.55. The summed E-state index contributed by atoms with van der Waals surface area (Å²) in [6.07, 6.45) is 1.48. The summed E-state index contributed by atoms with van der Waals surface area (Å²) < 4.78 is 41.4. The van der Waals surface area contributed by atoms with E-state index in [1.54, 1.807) is 36.5 Å². The molecule has 9 nitrogen and oxygen atoms in total. The van der Waals surface area contributed by atoms with E-state index in [1.807, 2.05) is 6.92 Å². The highest BCUT2D eigenvalue weighted by molar-refractivity contribution is 6.10. The molecule has 3 heterocycles. The normalized spacial score (nSPS) is 24.0. The van der Waals surface area contributed by atoms with Crippen LogP contribution in [0.25, 0.3) is 0 Å². The number of carbonyl (C=O) groups is 2. The molecule has 0 radical (unpaired) electrons.